The summed E-state index contributed by atoms with van der Waals surface area (Å²) in [6.45, 7) is 5.45. The Hall–Kier alpha value is -1.22. The summed E-state index contributed by atoms with van der Waals surface area (Å²) in [7, 11) is 0. The third kappa shape index (κ3) is 2.30. The Morgan fingerprint density at radius 3 is 2.75 bits per heavy atom. The molecule has 1 aliphatic heterocycles. The summed E-state index contributed by atoms with van der Waals surface area (Å²) in [4.78, 5) is 0. The molecule has 0 spiro atoms. The molecule has 1 aliphatic rings. The number of hydrogen-bond donors (Lipinski definition) is 1. The van der Waals surface area contributed by atoms with Crippen LogP contribution in [0, 0.1) is 5.41 Å². The van der Waals surface area contributed by atoms with Crippen molar-refractivity contribution in [3.05, 3.63) is 23.8 Å². The number of hydrogen-bond acceptors (Lipinski definition) is 3. The minimum atomic E-state index is -0.129. The third-order valence-electron chi connectivity index (χ3n) is 2.74. The maximum atomic E-state index is 9.29. The van der Waals surface area contributed by atoms with Gasteiger partial charge in [-0.15, -0.1) is 0 Å². The summed E-state index contributed by atoms with van der Waals surface area (Å²) in [5.41, 5.74) is 0.979. The van der Waals surface area contributed by atoms with Crippen LogP contribution in [0.15, 0.2) is 18.2 Å². The van der Waals surface area contributed by atoms with Crippen molar-refractivity contribution in [2.75, 3.05) is 19.8 Å². The van der Waals surface area contributed by atoms with Crippen LogP contribution in [0.4, 0.5) is 0 Å². The third-order valence-corrected chi connectivity index (χ3v) is 2.74. The van der Waals surface area contributed by atoms with Crippen LogP contribution in [0.1, 0.15) is 19.4 Å². The first kappa shape index (κ1) is 11.3. The molecule has 0 aromatic heterocycles. The van der Waals surface area contributed by atoms with E-state index in [1.54, 1.807) is 0 Å². The normalized spacial score (nSPS) is 14.9. The topological polar surface area (TPSA) is 38.7 Å². The standard InChI is InChI=1S/C13H18O3/c1-13(2,9-14)8-10-4-3-5-11-12(10)16-7-6-15-11/h3-5,14H,6-9H2,1-2H3. The number of fused-ring (bicyclic) bond motifs is 1. The van der Waals surface area contributed by atoms with Crippen molar-refractivity contribution in [2.45, 2.75) is 20.3 Å². The fourth-order valence-corrected chi connectivity index (χ4v) is 1.84. The van der Waals surface area contributed by atoms with Gasteiger partial charge >= 0.3 is 0 Å². The maximum absolute atomic E-state index is 9.29. The van der Waals surface area contributed by atoms with Crippen molar-refractivity contribution in [3.8, 4) is 11.5 Å². The number of para-hydroxylation sites is 1. The average Bonchev–Trinajstić information content (AvgIpc) is 2.29. The van der Waals surface area contributed by atoms with Gasteiger partial charge in [0.25, 0.3) is 0 Å². The van der Waals surface area contributed by atoms with Crippen molar-refractivity contribution < 1.29 is 14.6 Å². The zero-order valence-electron chi connectivity index (χ0n) is 9.82. The second-order valence-electron chi connectivity index (χ2n) is 4.94. The Morgan fingerprint density at radius 2 is 2.00 bits per heavy atom. The molecule has 0 amide bonds. The minimum Gasteiger partial charge on any atom is -0.486 e. The second-order valence-corrected chi connectivity index (χ2v) is 4.94. The summed E-state index contributed by atoms with van der Waals surface area (Å²) in [6.07, 6.45) is 0.788. The minimum absolute atomic E-state index is 0.129. The van der Waals surface area contributed by atoms with E-state index in [0.29, 0.717) is 13.2 Å². The van der Waals surface area contributed by atoms with Crippen molar-refractivity contribution in [1.82, 2.24) is 0 Å². The number of rotatable bonds is 3. The molecular formula is C13H18O3. The Balaban J connectivity index is 2.27. The SMILES string of the molecule is CC(C)(CO)Cc1cccc2c1OCCO2. The van der Waals surface area contributed by atoms with Crippen molar-refractivity contribution in [3.63, 3.8) is 0 Å². The number of aliphatic hydroxyl groups is 1. The average molecular weight is 222 g/mol. The van der Waals surface area contributed by atoms with Crippen LogP contribution in [0.5, 0.6) is 11.5 Å². The lowest BCUT2D eigenvalue weighted by Gasteiger charge is -2.26. The largest absolute Gasteiger partial charge is 0.486 e. The molecular weight excluding hydrogens is 204 g/mol. The maximum Gasteiger partial charge on any atom is 0.164 e. The lowest BCUT2D eigenvalue weighted by Crippen LogP contribution is -2.22. The zero-order chi connectivity index (χ0) is 11.6. The first-order valence-corrected chi connectivity index (χ1v) is 5.61. The monoisotopic (exact) mass is 222 g/mol. The van der Waals surface area contributed by atoms with Crippen molar-refractivity contribution in [1.29, 1.82) is 0 Å². The zero-order valence-corrected chi connectivity index (χ0v) is 9.82. The molecule has 0 aliphatic carbocycles. The van der Waals surface area contributed by atoms with Gasteiger partial charge in [0.2, 0.25) is 0 Å². The Morgan fingerprint density at radius 1 is 1.25 bits per heavy atom. The first-order chi connectivity index (χ1) is 7.62. The molecule has 3 heteroatoms. The van der Waals surface area contributed by atoms with E-state index in [1.165, 1.54) is 0 Å². The van der Waals surface area contributed by atoms with Gasteiger partial charge in [-0.3, -0.25) is 0 Å². The van der Waals surface area contributed by atoms with E-state index in [2.05, 4.69) is 0 Å². The van der Waals surface area contributed by atoms with E-state index >= 15 is 0 Å². The molecule has 1 aromatic carbocycles. The predicted octanol–water partition coefficient (Wildman–Crippen LogP) is 2.02. The number of ether oxygens (including phenoxy) is 2. The van der Waals surface area contributed by atoms with Crippen LogP contribution < -0.4 is 9.47 Å². The summed E-state index contributed by atoms with van der Waals surface area (Å²) in [6, 6.07) is 5.92. The lowest BCUT2D eigenvalue weighted by molar-refractivity contribution is 0.150. The molecule has 0 saturated carbocycles. The molecule has 1 aromatic rings. The molecule has 2 rings (SSSR count). The Kier molecular flexibility index (Phi) is 3.06. The fourth-order valence-electron chi connectivity index (χ4n) is 1.84. The number of benzene rings is 1. The van der Waals surface area contributed by atoms with Crippen LogP contribution in [-0.4, -0.2) is 24.9 Å². The van der Waals surface area contributed by atoms with Gasteiger partial charge in [0, 0.05) is 6.61 Å². The highest BCUT2D eigenvalue weighted by Crippen LogP contribution is 2.36. The molecule has 0 radical (unpaired) electrons. The van der Waals surface area contributed by atoms with Crippen molar-refractivity contribution >= 4 is 0 Å². The molecule has 3 nitrogen and oxygen atoms in total. The highest BCUT2D eigenvalue weighted by Gasteiger charge is 2.22. The van der Waals surface area contributed by atoms with Gasteiger partial charge in [-0.1, -0.05) is 26.0 Å². The van der Waals surface area contributed by atoms with E-state index < -0.39 is 0 Å². The molecule has 0 atom stereocenters. The van der Waals surface area contributed by atoms with E-state index in [9.17, 15) is 5.11 Å². The summed E-state index contributed by atoms with van der Waals surface area (Å²) in [5.74, 6) is 1.66. The van der Waals surface area contributed by atoms with Crippen LogP contribution in [0.2, 0.25) is 0 Å². The van der Waals surface area contributed by atoms with E-state index in [0.717, 1.165) is 23.5 Å². The fraction of sp³-hybridized carbons (Fsp3) is 0.538. The highest BCUT2D eigenvalue weighted by atomic mass is 16.6. The van der Waals surface area contributed by atoms with Gasteiger partial charge in [0.05, 0.1) is 0 Å². The first-order valence-electron chi connectivity index (χ1n) is 5.61. The van der Waals surface area contributed by atoms with Gasteiger partial charge in [-0.05, 0) is 23.5 Å². The summed E-state index contributed by atoms with van der Waals surface area (Å²) >= 11 is 0. The smallest absolute Gasteiger partial charge is 0.164 e. The van der Waals surface area contributed by atoms with Crippen LogP contribution in [-0.2, 0) is 6.42 Å². The number of aliphatic hydroxyl groups excluding tert-OH is 1. The van der Waals surface area contributed by atoms with Crippen LogP contribution in [0.25, 0.3) is 0 Å². The van der Waals surface area contributed by atoms with Gasteiger partial charge in [0.15, 0.2) is 11.5 Å². The Bertz CT molecular complexity index is 371. The molecule has 0 fully saturated rings. The van der Waals surface area contributed by atoms with Gasteiger partial charge in [0.1, 0.15) is 13.2 Å². The molecule has 16 heavy (non-hydrogen) atoms. The molecule has 0 bridgehead atoms. The molecule has 0 unspecified atom stereocenters. The molecule has 1 heterocycles. The van der Waals surface area contributed by atoms with Crippen LogP contribution in [0.3, 0.4) is 0 Å². The van der Waals surface area contributed by atoms with Gasteiger partial charge in [-0.2, -0.15) is 0 Å². The predicted molar refractivity (Wildman–Crippen MR) is 62.0 cm³/mol. The van der Waals surface area contributed by atoms with Crippen molar-refractivity contribution in [2.24, 2.45) is 5.41 Å². The van der Waals surface area contributed by atoms with Gasteiger partial charge in [-0.25, -0.2) is 0 Å². The quantitative estimate of drug-likeness (QED) is 0.850. The van der Waals surface area contributed by atoms with E-state index in [1.807, 2.05) is 32.0 Å². The highest BCUT2D eigenvalue weighted by molar-refractivity contribution is 5.47. The Labute approximate surface area is 96.0 Å². The second kappa shape index (κ2) is 4.34. The van der Waals surface area contributed by atoms with E-state index in [-0.39, 0.29) is 12.0 Å². The summed E-state index contributed by atoms with van der Waals surface area (Å²) in [5, 5.41) is 9.29. The lowest BCUT2D eigenvalue weighted by atomic mass is 9.86. The van der Waals surface area contributed by atoms with Crippen LogP contribution >= 0.6 is 0 Å². The molecule has 0 saturated heterocycles. The molecule has 88 valence electrons. The van der Waals surface area contributed by atoms with Gasteiger partial charge < -0.3 is 14.6 Å². The molecule has 1 N–H and O–H groups in total. The summed E-state index contributed by atoms with van der Waals surface area (Å²) < 4.78 is 11.2. The van der Waals surface area contributed by atoms with E-state index in [4.69, 9.17) is 9.47 Å².